The van der Waals surface area contributed by atoms with E-state index in [1.807, 2.05) is 4.57 Å². The van der Waals surface area contributed by atoms with Crippen molar-refractivity contribution >= 4 is 46.6 Å². The fraction of sp³-hybridized carbons (Fsp3) is 0.375. The molecule has 3 aromatic rings. The van der Waals surface area contributed by atoms with Gasteiger partial charge >= 0.3 is 11.9 Å². The molecule has 0 bridgehead atoms. The maximum atomic E-state index is 12.8. The number of ether oxygens (including phenoxy) is 2. The minimum Gasteiger partial charge on any atom is -0.465 e. The summed E-state index contributed by atoms with van der Waals surface area (Å²) >= 11 is 2.95. The molecule has 0 fully saturated rings. The van der Waals surface area contributed by atoms with Crippen LogP contribution in [0, 0.1) is 6.92 Å². The summed E-state index contributed by atoms with van der Waals surface area (Å²) in [6.45, 7) is 7.02. The van der Waals surface area contributed by atoms with E-state index in [0.29, 0.717) is 5.16 Å². The summed E-state index contributed by atoms with van der Waals surface area (Å²) in [4.78, 5) is 38.1. The van der Waals surface area contributed by atoms with Crippen molar-refractivity contribution < 1.29 is 23.9 Å². The Bertz CT molecular complexity index is 1230. The van der Waals surface area contributed by atoms with Gasteiger partial charge in [0.2, 0.25) is 5.91 Å². The third-order valence-corrected chi connectivity index (χ3v) is 7.23. The Labute approximate surface area is 212 Å². The molecule has 2 heterocycles. The Kier molecular flexibility index (Phi) is 9.05. The number of thiophene rings is 1. The molecular weight excluding hydrogens is 488 g/mol. The van der Waals surface area contributed by atoms with Crippen molar-refractivity contribution in [2.24, 2.45) is 0 Å². The van der Waals surface area contributed by atoms with Crippen LogP contribution in [-0.2, 0) is 27.2 Å². The summed E-state index contributed by atoms with van der Waals surface area (Å²) in [5, 5.41) is 14.2. The molecular formula is C24H28N4O5S2. The van der Waals surface area contributed by atoms with Gasteiger partial charge in [-0.1, -0.05) is 25.6 Å². The lowest BCUT2D eigenvalue weighted by Crippen LogP contribution is -2.18. The van der Waals surface area contributed by atoms with Crippen LogP contribution >= 0.6 is 23.1 Å². The lowest BCUT2D eigenvalue weighted by molar-refractivity contribution is -0.113. The van der Waals surface area contributed by atoms with Gasteiger partial charge in [-0.25, -0.2) is 9.59 Å². The smallest absolute Gasteiger partial charge is 0.339 e. The largest absolute Gasteiger partial charge is 0.465 e. The number of nitrogens with one attached hydrogen (secondary N) is 1. The highest BCUT2D eigenvalue weighted by molar-refractivity contribution is 7.99. The van der Waals surface area contributed by atoms with Crippen LogP contribution in [0.1, 0.15) is 51.4 Å². The van der Waals surface area contributed by atoms with Crippen LogP contribution in [0.4, 0.5) is 5.69 Å². The number of aromatic nitrogens is 3. The second-order valence-corrected chi connectivity index (χ2v) is 9.60. The highest BCUT2D eigenvalue weighted by Gasteiger charge is 2.21. The van der Waals surface area contributed by atoms with E-state index in [1.54, 1.807) is 11.3 Å². The van der Waals surface area contributed by atoms with Crippen molar-refractivity contribution in [2.45, 2.75) is 45.3 Å². The first kappa shape index (κ1) is 26.4. The molecule has 2 aromatic heterocycles. The lowest BCUT2D eigenvalue weighted by atomic mass is 10.1. The predicted octanol–water partition coefficient (Wildman–Crippen LogP) is 4.59. The molecule has 1 aromatic carbocycles. The van der Waals surface area contributed by atoms with E-state index in [-0.39, 0.29) is 28.5 Å². The third-order valence-electron chi connectivity index (χ3n) is 5.31. The number of esters is 2. The van der Waals surface area contributed by atoms with Gasteiger partial charge in [0, 0.05) is 22.4 Å². The predicted molar refractivity (Wildman–Crippen MR) is 136 cm³/mol. The first-order chi connectivity index (χ1) is 16.8. The molecule has 0 aliphatic heterocycles. The van der Waals surface area contributed by atoms with Crippen molar-refractivity contribution in [3.05, 3.63) is 45.1 Å². The number of thioether (sulfide) groups is 1. The summed E-state index contributed by atoms with van der Waals surface area (Å²) < 4.78 is 11.6. The molecule has 186 valence electrons. The van der Waals surface area contributed by atoms with Crippen molar-refractivity contribution in [1.29, 1.82) is 0 Å². The van der Waals surface area contributed by atoms with Crippen molar-refractivity contribution in [3.8, 4) is 11.4 Å². The maximum Gasteiger partial charge on any atom is 0.339 e. The topological polar surface area (TPSA) is 112 Å². The van der Waals surface area contributed by atoms with E-state index in [9.17, 15) is 14.4 Å². The van der Waals surface area contributed by atoms with Crippen LogP contribution < -0.4 is 5.32 Å². The molecule has 0 aliphatic carbocycles. The van der Waals surface area contributed by atoms with Crippen molar-refractivity contribution in [3.63, 3.8) is 0 Å². The van der Waals surface area contributed by atoms with Crippen LogP contribution in [-0.4, -0.2) is 52.6 Å². The molecule has 35 heavy (non-hydrogen) atoms. The zero-order chi connectivity index (χ0) is 25.5. The Balaban J connectivity index is 1.81. The Hall–Kier alpha value is -3.18. The fourth-order valence-electron chi connectivity index (χ4n) is 3.62. The van der Waals surface area contributed by atoms with Crippen molar-refractivity contribution in [1.82, 2.24) is 14.8 Å². The fourth-order valence-corrected chi connectivity index (χ4v) is 5.33. The van der Waals surface area contributed by atoms with Gasteiger partial charge < -0.3 is 19.4 Å². The molecule has 9 nitrogen and oxygen atoms in total. The summed E-state index contributed by atoms with van der Waals surface area (Å²) in [7, 11) is 2.50. The summed E-state index contributed by atoms with van der Waals surface area (Å²) in [6.07, 6.45) is 1.79. The molecule has 1 amide bonds. The number of amides is 1. The SMILES string of the molecule is CCCn1c(SCC(=O)Nc2cc(C(=O)OC)ccc2C(=O)OC)nnc1-c1csc(C)c1CC. The summed E-state index contributed by atoms with van der Waals surface area (Å²) in [5.41, 5.74) is 2.84. The third kappa shape index (κ3) is 5.91. The standard InChI is InChI=1S/C24H28N4O5S2/c1-6-10-28-21(18-12-34-14(3)16(18)7-2)26-27-24(28)35-13-20(29)25-19-11-15(22(30)32-4)8-9-17(19)23(31)33-5/h8-9,11-12H,6-7,10,13H2,1-5H3,(H,25,29). The highest BCUT2D eigenvalue weighted by Crippen LogP contribution is 2.33. The number of hydrogen-bond donors (Lipinski definition) is 1. The molecule has 11 heteroatoms. The zero-order valence-electron chi connectivity index (χ0n) is 20.3. The Morgan fingerprint density at radius 2 is 1.86 bits per heavy atom. The second kappa shape index (κ2) is 12.0. The van der Waals surface area contributed by atoms with E-state index in [2.05, 4.69) is 41.7 Å². The Morgan fingerprint density at radius 1 is 1.11 bits per heavy atom. The molecule has 0 atom stereocenters. The molecule has 0 saturated carbocycles. The quantitative estimate of drug-likeness (QED) is 0.308. The number of carbonyl (C=O) groups excluding carboxylic acids is 3. The zero-order valence-corrected chi connectivity index (χ0v) is 22.0. The van der Waals surface area contributed by atoms with Gasteiger partial charge in [0.25, 0.3) is 0 Å². The van der Waals surface area contributed by atoms with Crippen molar-refractivity contribution in [2.75, 3.05) is 25.3 Å². The molecule has 0 spiro atoms. The number of methoxy groups -OCH3 is 2. The number of hydrogen-bond acceptors (Lipinski definition) is 9. The maximum absolute atomic E-state index is 12.8. The average molecular weight is 517 g/mol. The average Bonchev–Trinajstić information content (AvgIpc) is 3.43. The van der Waals surface area contributed by atoms with E-state index in [1.165, 1.54) is 54.6 Å². The number of aryl methyl sites for hydroxylation is 1. The first-order valence-corrected chi connectivity index (χ1v) is 12.9. The van der Waals surface area contributed by atoms with E-state index < -0.39 is 11.9 Å². The number of anilines is 1. The Morgan fingerprint density at radius 3 is 2.51 bits per heavy atom. The molecule has 1 N–H and O–H groups in total. The summed E-state index contributed by atoms with van der Waals surface area (Å²) in [6, 6.07) is 4.25. The molecule has 0 unspecified atom stereocenters. The molecule has 0 radical (unpaired) electrons. The number of rotatable bonds is 10. The first-order valence-electron chi connectivity index (χ1n) is 11.1. The molecule has 0 aliphatic rings. The minimum absolute atomic E-state index is 0.0359. The van der Waals surface area contributed by atoms with E-state index in [4.69, 9.17) is 9.47 Å². The van der Waals surface area contributed by atoms with E-state index >= 15 is 0 Å². The molecule has 3 rings (SSSR count). The van der Waals surface area contributed by atoms with Gasteiger partial charge in [-0.2, -0.15) is 0 Å². The lowest BCUT2D eigenvalue weighted by Gasteiger charge is -2.12. The van der Waals surface area contributed by atoms with Crippen LogP contribution in [0.25, 0.3) is 11.4 Å². The monoisotopic (exact) mass is 516 g/mol. The van der Waals surface area contributed by atoms with Crippen LogP contribution in [0.5, 0.6) is 0 Å². The van der Waals surface area contributed by atoms with E-state index in [0.717, 1.165) is 30.8 Å². The van der Waals surface area contributed by atoms with Gasteiger partial charge in [0.15, 0.2) is 11.0 Å². The number of carbonyl (C=O) groups is 3. The van der Waals surface area contributed by atoms with Gasteiger partial charge in [-0.05, 0) is 43.5 Å². The normalized spacial score (nSPS) is 10.8. The minimum atomic E-state index is -0.630. The molecule has 0 saturated heterocycles. The number of nitrogens with zero attached hydrogens (tertiary/aromatic N) is 3. The van der Waals surface area contributed by atoms with Gasteiger partial charge in [-0.15, -0.1) is 21.5 Å². The van der Waals surface area contributed by atoms with Gasteiger partial charge in [0.1, 0.15) is 0 Å². The summed E-state index contributed by atoms with van der Waals surface area (Å²) in [5.74, 6) is -0.741. The van der Waals surface area contributed by atoms with Crippen LogP contribution in [0.3, 0.4) is 0 Å². The van der Waals surface area contributed by atoms with Gasteiger partial charge in [-0.3, -0.25) is 4.79 Å². The second-order valence-electron chi connectivity index (χ2n) is 7.58. The van der Waals surface area contributed by atoms with Crippen LogP contribution in [0.15, 0.2) is 28.7 Å². The number of benzene rings is 1. The van der Waals surface area contributed by atoms with Gasteiger partial charge in [0.05, 0.1) is 36.8 Å². The van der Waals surface area contributed by atoms with Crippen LogP contribution in [0.2, 0.25) is 0 Å². The highest BCUT2D eigenvalue weighted by atomic mass is 32.2.